The Morgan fingerprint density at radius 2 is 1.50 bits per heavy atom. The number of unbranched alkanes of at least 4 members (excludes halogenated alkanes) is 6. The molecule has 0 heterocycles. The van der Waals surface area contributed by atoms with Gasteiger partial charge in [0.15, 0.2) is 0 Å². The Balaban J connectivity index is 3.37. The van der Waals surface area contributed by atoms with Crippen molar-refractivity contribution in [2.24, 2.45) is 0 Å². The van der Waals surface area contributed by atoms with Crippen LogP contribution in [-0.2, 0) is 0 Å². The van der Waals surface area contributed by atoms with Gasteiger partial charge in [0, 0.05) is 13.0 Å². The summed E-state index contributed by atoms with van der Waals surface area (Å²) in [5.41, 5.74) is 0. The highest BCUT2D eigenvalue weighted by molar-refractivity contribution is 5.31. The molecule has 0 aliphatic rings. The fourth-order valence-electron chi connectivity index (χ4n) is 1.63. The third kappa shape index (κ3) is 16.5. The predicted molar refractivity (Wildman–Crippen MR) is 84.9 cm³/mol. The van der Waals surface area contributed by atoms with Gasteiger partial charge >= 0.3 is 0 Å². The Labute approximate surface area is 123 Å². The van der Waals surface area contributed by atoms with Gasteiger partial charge in [0.25, 0.3) is 0 Å². The SMILES string of the molecule is OC/C=C\C#CC#CC/C=C\CCCCCCCCO. The van der Waals surface area contributed by atoms with Crippen LogP contribution in [0.4, 0.5) is 0 Å². The lowest BCUT2D eigenvalue weighted by Crippen LogP contribution is -1.83. The van der Waals surface area contributed by atoms with Gasteiger partial charge in [-0.2, -0.15) is 0 Å². The van der Waals surface area contributed by atoms with Crippen LogP contribution in [0.1, 0.15) is 51.4 Å². The molecule has 0 aromatic heterocycles. The molecule has 0 spiro atoms. The molecule has 0 amide bonds. The molecule has 2 heteroatoms. The van der Waals surface area contributed by atoms with Crippen LogP contribution in [0.5, 0.6) is 0 Å². The minimum atomic E-state index is 0.0201. The normalized spacial score (nSPS) is 10.3. The van der Waals surface area contributed by atoms with Gasteiger partial charge in [-0.1, -0.05) is 55.8 Å². The zero-order chi connectivity index (χ0) is 14.7. The summed E-state index contributed by atoms with van der Waals surface area (Å²) in [4.78, 5) is 0. The van der Waals surface area contributed by atoms with Crippen molar-refractivity contribution in [2.75, 3.05) is 13.2 Å². The summed E-state index contributed by atoms with van der Waals surface area (Å²) in [6, 6.07) is 0. The standard InChI is InChI=1S/C18H26O2/c19-17-15-13-11-9-7-5-3-1-2-4-6-8-10-12-14-16-18-20/h1-2,14,16,19-20H,3-5,7,9,11,13,15,17-18H2/b2-1-,16-14-. The highest BCUT2D eigenvalue weighted by Crippen LogP contribution is 2.07. The van der Waals surface area contributed by atoms with Gasteiger partial charge in [0.1, 0.15) is 0 Å². The zero-order valence-electron chi connectivity index (χ0n) is 12.3. The summed E-state index contributed by atoms with van der Waals surface area (Å²) in [5.74, 6) is 11.1. The molecule has 20 heavy (non-hydrogen) atoms. The molecule has 0 saturated carbocycles. The van der Waals surface area contributed by atoms with Crippen LogP contribution in [0.3, 0.4) is 0 Å². The second kappa shape index (κ2) is 17.5. The molecule has 0 aromatic rings. The first-order valence-corrected chi connectivity index (χ1v) is 7.42. The monoisotopic (exact) mass is 274 g/mol. The van der Waals surface area contributed by atoms with Crippen LogP contribution in [0, 0.1) is 23.7 Å². The summed E-state index contributed by atoms with van der Waals surface area (Å²) in [5, 5.41) is 17.1. The van der Waals surface area contributed by atoms with Gasteiger partial charge in [-0.15, -0.1) is 0 Å². The fourth-order valence-corrected chi connectivity index (χ4v) is 1.63. The van der Waals surface area contributed by atoms with Crippen LogP contribution in [0.2, 0.25) is 0 Å². The summed E-state index contributed by atoms with van der Waals surface area (Å²) in [6.07, 6.45) is 16.4. The zero-order valence-corrected chi connectivity index (χ0v) is 12.3. The molecule has 0 aromatic carbocycles. The summed E-state index contributed by atoms with van der Waals surface area (Å²) >= 11 is 0. The van der Waals surface area contributed by atoms with Crippen molar-refractivity contribution in [3.05, 3.63) is 24.3 Å². The molecule has 110 valence electrons. The lowest BCUT2D eigenvalue weighted by molar-refractivity contribution is 0.282. The van der Waals surface area contributed by atoms with E-state index in [1.165, 1.54) is 25.7 Å². The smallest absolute Gasteiger partial charge is 0.0621 e. The molecule has 0 aliphatic heterocycles. The van der Waals surface area contributed by atoms with Crippen LogP contribution < -0.4 is 0 Å². The molecule has 0 fully saturated rings. The van der Waals surface area contributed by atoms with Crippen molar-refractivity contribution in [1.82, 2.24) is 0 Å². The van der Waals surface area contributed by atoms with E-state index in [0.29, 0.717) is 6.61 Å². The molecule has 2 nitrogen and oxygen atoms in total. The Morgan fingerprint density at radius 3 is 2.25 bits per heavy atom. The van der Waals surface area contributed by atoms with E-state index in [-0.39, 0.29) is 6.61 Å². The van der Waals surface area contributed by atoms with E-state index in [2.05, 4.69) is 35.8 Å². The van der Waals surface area contributed by atoms with Crippen molar-refractivity contribution in [3.63, 3.8) is 0 Å². The van der Waals surface area contributed by atoms with Gasteiger partial charge in [0.2, 0.25) is 0 Å². The molecular formula is C18H26O2. The summed E-state index contributed by atoms with van der Waals surface area (Å²) in [7, 11) is 0. The second-order valence-electron chi connectivity index (χ2n) is 4.47. The third-order valence-corrected chi connectivity index (χ3v) is 2.70. The summed E-state index contributed by atoms with van der Waals surface area (Å²) < 4.78 is 0. The van der Waals surface area contributed by atoms with Crippen LogP contribution in [0.15, 0.2) is 24.3 Å². The largest absolute Gasteiger partial charge is 0.396 e. The second-order valence-corrected chi connectivity index (χ2v) is 4.47. The molecule has 0 rings (SSSR count). The van der Waals surface area contributed by atoms with Crippen LogP contribution in [-0.4, -0.2) is 23.4 Å². The first-order chi connectivity index (χ1) is 9.91. The number of allylic oxidation sites excluding steroid dienone is 3. The average Bonchev–Trinajstić information content (AvgIpc) is 2.47. The fraction of sp³-hybridized carbons (Fsp3) is 0.556. The third-order valence-electron chi connectivity index (χ3n) is 2.70. The number of hydrogen-bond acceptors (Lipinski definition) is 2. The Morgan fingerprint density at radius 1 is 0.750 bits per heavy atom. The molecule has 0 saturated heterocycles. The van der Waals surface area contributed by atoms with E-state index in [4.69, 9.17) is 10.2 Å². The van der Waals surface area contributed by atoms with Gasteiger partial charge in [-0.25, -0.2) is 0 Å². The van der Waals surface area contributed by atoms with Crippen LogP contribution in [0.25, 0.3) is 0 Å². The molecule has 2 N–H and O–H groups in total. The predicted octanol–water partition coefficient (Wildman–Crippen LogP) is 3.21. The number of aliphatic hydroxyl groups is 2. The lowest BCUT2D eigenvalue weighted by Gasteiger charge is -1.98. The summed E-state index contributed by atoms with van der Waals surface area (Å²) in [6.45, 7) is 0.345. The molecule has 0 radical (unpaired) electrons. The molecule has 0 unspecified atom stereocenters. The quantitative estimate of drug-likeness (QED) is 0.365. The highest BCUT2D eigenvalue weighted by Gasteiger charge is 1.89. The molecule has 0 bridgehead atoms. The Kier molecular flexibility index (Phi) is 16.2. The van der Waals surface area contributed by atoms with E-state index < -0.39 is 0 Å². The van der Waals surface area contributed by atoms with Gasteiger partial charge in [-0.3, -0.25) is 0 Å². The van der Waals surface area contributed by atoms with Gasteiger partial charge in [-0.05, 0) is 37.2 Å². The van der Waals surface area contributed by atoms with E-state index in [1.807, 2.05) is 0 Å². The highest BCUT2D eigenvalue weighted by atomic mass is 16.3. The van der Waals surface area contributed by atoms with Crippen molar-refractivity contribution in [2.45, 2.75) is 51.4 Å². The lowest BCUT2D eigenvalue weighted by atomic mass is 10.1. The van der Waals surface area contributed by atoms with Gasteiger partial charge < -0.3 is 10.2 Å². The minimum absolute atomic E-state index is 0.0201. The van der Waals surface area contributed by atoms with Crippen molar-refractivity contribution in [3.8, 4) is 23.7 Å². The first kappa shape index (κ1) is 18.5. The molecule has 0 atom stereocenters. The molecular weight excluding hydrogens is 248 g/mol. The van der Waals surface area contributed by atoms with E-state index in [0.717, 1.165) is 25.7 Å². The number of rotatable bonds is 10. The van der Waals surface area contributed by atoms with Crippen molar-refractivity contribution >= 4 is 0 Å². The number of aliphatic hydroxyl groups excluding tert-OH is 2. The first-order valence-electron chi connectivity index (χ1n) is 7.42. The van der Waals surface area contributed by atoms with Crippen molar-refractivity contribution in [1.29, 1.82) is 0 Å². The molecule has 0 aliphatic carbocycles. The average molecular weight is 274 g/mol. The number of hydrogen-bond donors (Lipinski definition) is 2. The van der Waals surface area contributed by atoms with E-state index >= 15 is 0 Å². The maximum Gasteiger partial charge on any atom is 0.0621 e. The van der Waals surface area contributed by atoms with E-state index in [1.54, 1.807) is 12.2 Å². The maximum absolute atomic E-state index is 8.64. The minimum Gasteiger partial charge on any atom is -0.396 e. The van der Waals surface area contributed by atoms with Gasteiger partial charge in [0.05, 0.1) is 6.61 Å². The van der Waals surface area contributed by atoms with Crippen molar-refractivity contribution < 1.29 is 10.2 Å². The van der Waals surface area contributed by atoms with E-state index in [9.17, 15) is 0 Å². The topological polar surface area (TPSA) is 40.5 Å². The maximum atomic E-state index is 8.64. The Bertz CT molecular complexity index is 372. The Hall–Kier alpha value is -1.48. The van der Waals surface area contributed by atoms with Crippen LogP contribution >= 0.6 is 0 Å².